The first-order chi connectivity index (χ1) is 25.3. The van der Waals surface area contributed by atoms with Crippen LogP contribution in [0.15, 0.2) is 78.9 Å². The molecule has 10 nitrogen and oxygen atoms in total. The van der Waals surface area contributed by atoms with E-state index in [0.717, 1.165) is 61.0 Å². The van der Waals surface area contributed by atoms with Crippen LogP contribution in [0.25, 0.3) is 0 Å². The Labute approximate surface area is 314 Å². The summed E-state index contributed by atoms with van der Waals surface area (Å²) in [6, 6.07) is 22.5. The maximum absolute atomic E-state index is 14.1. The highest BCUT2D eigenvalue weighted by molar-refractivity contribution is 5.98. The van der Waals surface area contributed by atoms with E-state index in [1.54, 1.807) is 12.1 Å². The lowest BCUT2D eigenvalue weighted by Gasteiger charge is -2.53. The van der Waals surface area contributed by atoms with Gasteiger partial charge in [-0.15, -0.1) is 0 Å². The Morgan fingerprint density at radius 2 is 1.21 bits per heavy atom. The van der Waals surface area contributed by atoms with Crippen molar-refractivity contribution < 1.29 is 28.7 Å². The van der Waals surface area contributed by atoms with Crippen molar-refractivity contribution in [2.75, 3.05) is 19.7 Å². The molecule has 3 aromatic carbocycles. The first kappa shape index (κ1) is 39.3. The van der Waals surface area contributed by atoms with Crippen molar-refractivity contribution in [3.05, 3.63) is 101 Å². The number of hydrogen-bond donors (Lipinski definition) is 4. The van der Waals surface area contributed by atoms with E-state index in [1.807, 2.05) is 101 Å². The molecule has 0 heterocycles. The van der Waals surface area contributed by atoms with Gasteiger partial charge >= 0.3 is 6.09 Å². The van der Waals surface area contributed by atoms with Crippen LogP contribution in [0, 0.1) is 17.8 Å². The molecule has 2 atom stereocenters. The number of ether oxygens (including phenoxy) is 2. The zero-order valence-electron chi connectivity index (χ0n) is 31.9. The van der Waals surface area contributed by atoms with Crippen molar-refractivity contribution in [3.8, 4) is 5.75 Å². The lowest BCUT2D eigenvalue weighted by atomic mass is 9.53. The largest absolute Gasteiger partial charge is 0.494 e. The van der Waals surface area contributed by atoms with Crippen LogP contribution in [0.5, 0.6) is 5.75 Å². The SMILES string of the molecule is CCOc1ccc(C[C@@H](NC(=O)c2ccc(C)cc2)C(=O)N[C@@H](Cc2ccccc2)C(=O)NCC23CCC(CNC(=O)OC(C)(C)C)(CC2)CC3)cc1. The summed E-state index contributed by atoms with van der Waals surface area (Å²) in [5.41, 5.74) is 2.70. The summed E-state index contributed by atoms with van der Waals surface area (Å²) < 4.78 is 11.0. The van der Waals surface area contributed by atoms with Crippen molar-refractivity contribution in [1.29, 1.82) is 0 Å². The van der Waals surface area contributed by atoms with Gasteiger partial charge in [0.25, 0.3) is 5.91 Å². The van der Waals surface area contributed by atoms with Gasteiger partial charge in [-0.2, -0.15) is 0 Å². The van der Waals surface area contributed by atoms with Gasteiger partial charge in [-0.3, -0.25) is 14.4 Å². The van der Waals surface area contributed by atoms with E-state index in [2.05, 4.69) is 21.3 Å². The normalized spacial score (nSPS) is 20.4. The third-order valence-corrected chi connectivity index (χ3v) is 10.7. The minimum absolute atomic E-state index is 0.0250. The van der Waals surface area contributed by atoms with Gasteiger partial charge in [-0.05, 0) is 119 Å². The molecular weight excluding hydrogens is 668 g/mol. The Morgan fingerprint density at radius 3 is 1.75 bits per heavy atom. The quantitative estimate of drug-likeness (QED) is 0.143. The fourth-order valence-electron chi connectivity index (χ4n) is 7.45. The minimum Gasteiger partial charge on any atom is -0.494 e. The third kappa shape index (κ3) is 11.3. The Balaban J connectivity index is 1.26. The Kier molecular flexibility index (Phi) is 12.9. The summed E-state index contributed by atoms with van der Waals surface area (Å²) in [7, 11) is 0. The third-order valence-electron chi connectivity index (χ3n) is 10.7. The molecule has 284 valence electrons. The van der Waals surface area contributed by atoms with Gasteiger partial charge in [0.15, 0.2) is 0 Å². The fourth-order valence-corrected chi connectivity index (χ4v) is 7.45. The molecule has 0 unspecified atom stereocenters. The van der Waals surface area contributed by atoms with E-state index in [9.17, 15) is 19.2 Å². The predicted octanol–water partition coefficient (Wildman–Crippen LogP) is 6.44. The van der Waals surface area contributed by atoms with Crippen LogP contribution >= 0.6 is 0 Å². The van der Waals surface area contributed by atoms with E-state index < -0.39 is 23.6 Å². The van der Waals surface area contributed by atoms with Crippen LogP contribution in [-0.4, -0.2) is 61.2 Å². The van der Waals surface area contributed by atoms with Gasteiger partial charge in [-0.1, -0.05) is 60.2 Å². The van der Waals surface area contributed by atoms with E-state index >= 15 is 0 Å². The van der Waals surface area contributed by atoms with Crippen LogP contribution < -0.4 is 26.0 Å². The van der Waals surface area contributed by atoms with Crippen LogP contribution in [0.4, 0.5) is 4.79 Å². The molecule has 6 rings (SSSR count). The Bertz CT molecular complexity index is 1680. The zero-order valence-corrected chi connectivity index (χ0v) is 31.9. The lowest BCUT2D eigenvalue weighted by Crippen LogP contribution is -2.57. The molecule has 0 spiro atoms. The molecule has 0 aliphatic heterocycles. The zero-order chi connectivity index (χ0) is 38.1. The van der Waals surface area contributed by atoms with Gasteiger partial charge in [0, 0.05) is 31.5 Å². The lowest BCUT2D eigenvalue weighted by molar-refractivity contribution is -0.130. The van der Waals surface area contributed by atoms with Crippen LogP contribution in [-0.2, 0) is 27.2 Å². The average Bonchev–Trinajstić information content (AvgIpc) is 3.14. The molecule has 3 aromatic rings. The van der Waals surface area contributed by atoms with Gasteiger partial charge in [0.2, 0.25) is 11.8 Å². The highest BCUT2D eigenvalue weighted by atomic mass is 16.6. The molecule has 0 radical (unpaired) electrons. The highest BCUT2D eigenvalue weighted by Crippen LogP contribution is 2.56. The molecule has 3 aliphatic rings. The molecule has 4 N–H and O–H groups in total. The number of aryl methyl sites for hydroxylation is 1. The van der Waals surface area contributed by atoms with Crippen molar-refractivity contribution in [3.63, 3.8) is 0 Å². The first-order valence-corrected chi connectivity index (χ1v) is 18.9. The van der Waals surface area contributed by atoms with E-state index in [1.165, 1.54) is 0 Å². The van der Waals surface area contributed by atoms with E-state index in [-0.39, 0.29) is 35.2 Å². The number of carbonyl (C=O) groups excluding carboxylic acids is 4. The summed E-state index contributed by atoms with van der Waals surface area (Å²) in [5, 5.41) is 12.2. The van der Waals surface area contributed by atoms with Crippen molar-refractivity contribution in [1.82, 2.24) is 21.3 Å². The molecule has 0 aromatic heterocycles. The van der Waals surface area contributed by atoms with Crippen LogP contribution in [0.2, 0.25) is 0 Å². The number of fused-ring (bicyclic) bond motifs is 3. The number of benzene rings is 3. The summed E-state index contributed by atoms with van der Waals surface area (Å²) in [6.07, 6.45) is 5.90. The molecule has 53 heavy (non-hydrogen) atoms. The van der Waals surface area contributed by atoms with Crippen molar-refractivity contribution in [2.45, 2.75) is 104 Å². The molecule has 3 fully saturated rings. The monoisotopic (exact) mass is 724 g/mol. The molecular formula is C43H56N4O6. The number of alkyl carbamates (subject to hydrolysis) is 1. The van der Waals surface area contributed by atoms with Gasteiger partial charge in [0.05, 0.1) is 6.61 Å². The minimum atomic E-state index is -0.939. The molecule has 4 amide bonds. The standard InChI is InChI=1S/C43H56N4O6/c1-6-52-34-18-14-32(15-19-34)27-36(46-37(48)33-16-12-30(2)13-17-33)39(50)47-35(26-31-10-8-7-9-11-31)38(49)44-28-42-20-23-43(24-21-42,25-22-42)29-45-40(51)53-41(3,4)5/h7-19,35-36H,6,20-29H2,1-5H3,(H,44,49)(H,45,51)(H,46,48)(H,47,50)/t35-,36+,42?,43?/m0/s1. The summed E-state index contributed by atoms with van der Waals surface area (Å²) in [6.45, 7) is 11.1. The van der Waals surface area contributed by atoms with Gasteiger partial charge < -0.3 is 30.7 Å². The smallest absolute Gasteiger partial charge is 0.407 e. The van der Waals surface area contributed by atoms with Gasteiger partial charge in [0.1, 0.15) is 23.4 Å². The van der Waals surface area contributed by atoms with E-state index in [0.29, 0.717) is 31.7 Å². The number of amides is 4. The molecule has 2 bridgehead atoms. The van der Waals surface area contributed by atoms with E-state index in [4.69, 9.17) is 9.47 Å². The summed E-state index contributed by atoms with van der Waals surface area (Å²) in [4.78, 5) is 53.9. The van der Waals surface area contributed by atoms with Crippen LogP contribution in [0.1, 0.15) is 93.3 Å². The Hall–Kier alpha value is -4.86. The highest BCUT2D eigenvalue weighted by Gasteiger charge is 2.48. The average molecular weight is 725 g/mol. The second-order valence-electron chi connectivity index (χ2n) is 16.0. The van der Waals surface area contributed by atoms with Crippen molar-refractivity contribution in [2.24, 2.45) is 10.8 Å². The second kappa shape index (κ2) is 17.3. The maximum atomic E-state index is 14.1. The van der Waals surface area contributed by atoms with Crippen molar-refractivity contribution >= 4 is 23.8 Å². The summed E-state index contributed by atoms with van der Waals surface area (Å²) >= 11 is 0. The summed E-state index contributed by atoms with van der Waals surface area (Å²) in [5.74, 6) is -0.341. The maximum Gasteiger partial charge on any atom is 0.407 e. The second-order valence-corrected chi connectivity index (χ2v) is 16.0. The van der Waals surface area contributed by atoms with Gasteiger partial charge in [-0.25, -0.2) is 4.79 Å². The first-order valence-electron chi connectivity index (χ1n) is 18.9. The predicted molar refractivity (Wildman–Crippen MR) is 206 cm³/mol. The molecule has 3 saturated carbocycles. The molecule has 10 heteroatoms. The molecule has 0 saturated heterocycles. The molecule has 3 aliphatic carbocycles. The number of rotatable bonds is 15. The Morgan fingerprint density at radius 1 is 0.679 bits per heavy atom. The topological polar surface area (TPSA) is 135 Å². The number of carbonyl (C=O) groups is 4. The number of hydrogen-bond acceptors (Lipinski definition) is 6. The number of nitrogens with one attached hydrogen (secondary N) is 4. The van der Waals surface area contributed by atoms with Crippen LogP contribution in [0.3, 0.4) is 0 Å². The fraction of sp³-hybridized carbons (Fsp3) is 0.488.